The van der Waals surface area contributed by atoms with Gasteiger partial charge in [0.1, 0.15) is 0 Å². The summed E-state index contributed by atoms with van der Waals surface area (Å²) in [4.78, 5) is 21.3. The first kappa shape index (κ1) is 14.3. The molecule has 0 fully saturated rings. The highest BCUT2D eigenvalue weighted by atomic mass is 32.2. The Bertz CT molecular complexity index is 585. The zero-order valence-corrected chi connectivity index (χ0v) is 11.9. The molecule has 0 saturated heterocycles. The second-order valence-electron chi connectivity index (χ2n) is 3.88. The fraction of sp³-hybridized carbons (Fsp3) is 0.133. The highest BCUT2D eigenvalue weighted by molar-refractivity contribution is 8.13. The van der Waals surface area contributed by atoms with E-state index in [1.54, 1.807) is 24.5 Å². The predicted molar refractivity (Wildman–Crippen MR) is 82.0 cm³/mol. The van der Waals surface area contributed by atoms with E-state index < -0.39 is 0 Å². The van der Waals surface area contributed by atoms with Gasteiger partial charge in [0.2, 0.25) is 0 Å². The molecule has 0 aliphatic heterocycles. The number of carbonyl (C=O) groups is 1. The second-order valence-corrected chi connectivity index (χ2v) is 4.95. The average molecular weight is 285 g/mol. The molecule has 0 aliphatic rings. The van der Waals surface area contributed by atoms with Gasteiger partial charge < -0.3 is 5.32 Å². The van der Waals surface area contributed by atoms with E-state index in [0.29, 0.717) is 17.3 Å². The quantitative estimate of drug-likeness (QED) is 0.536. The van der Waals surface area contributed by atoms with Crippen LogP contribution in [0.15, 0.2) is 64.7 Å². The number of hydrogen-bond acceptors (Lipinski definition) is 4. The van der Waals surface area contributed by atoms with E-state index in [0.717, 1.165) is 4.90 Å². The van der Waals surface area contributed by atoms with E-state index in [1.807, 2.05) is 37.3 Å². The van der Waals surface area contributed by atoms with Crippen molar-refractivity contribution in [3.8, 4) is 0 Å². The Labute approximate surface area is 122 Å². The standard InChI is InChI=1S/C15H15N3OS/c1-2-17-15(20-13-6-4-3-5-7-13)18-14(19)12-8-10-16-11-9-12/h3-11H,2H2,1H3,(H,17,18,19). The third-order valence-corrected chi connectivity index (χ3v) is 3.35. The molecule has 0 saturated carbocycles. The maximum Gasteiger partial charge on any atom is 0.257 e. The van der Waals surface area contributed by atoms with Crippen LogP contribution in [0.2, 0.25) is 0 Å². The van der Waals surface area contributed by atoms with Crippen LogP contribution in [-0.2, 0) is 0 Å². The van der Waals surface area contributed by atoms with Crippen molar-refractivity contribution < 1.29 is 4.79 Å². The van der Waals surface area contributed by atoms with Crippen LogP contribution in [0.5, 0.6) is 0 Å². The number of amidine groups is 1. The van der Waals surface area contributed by atoms with Crippen molar-refractivity contribution in [1.29, 1.82) is 0 Å². The van der Waals surface area contributed by atoms with Gasteiger partial charge in [0.15, 0.2) is 5.17 Å². The predicted octanol–water partition coefficient (Wildman–Crippen LogP) is 2.98. The average Bonchev–Trinajstić information content (AvgIpc) is 2.49. The molecule has 0 radical (unpaired) electrons. The lowest BCUT2D eigenvalue weighted by Gasteiger charge is -2.08. The summed E-state index contributed by atoms with van der Waals surface area (Å²) < 4.78 is 0. The summed E-state index contributed by atoms with van der Waals surface area (Å²) in [5, 5.41) is 3.43. The van der Waals surface area contributed by atoms with Gasteiger partial charge in [-0.15, -0.1) is 0 Å². The van der Waals surface area contributed by atoms with Crippen LogP contribution < -0.4 is 5.32 Å². The molecule has 2 rings (SSSR count). The fourth-order valence-electron chi connectivity index (χ4n) is 1.51. The van der Waals surface area contributed by atoms with Gasteiger partial charge in [0, 0.05) is 29.4 Å². The number of benzene rings is 1. The first-order chi connectivity index (χ1) is 9.79. The monoisotopic (exact) mass is 285 g/mol. The van der Waals surface area contributed by atoms with Crippen LogP contribution >= 0.6 is 11.8 Å². The molecule has 5 heteroatoms. The zero-order valence-electron chi connectivity index (χ0n) is 11.1. The lowest BCUT2D eigenvalue weighted by molar-refractivity contribution is 0.0978. The highest BCUT2D eigenvalue weighted by Gasteiger charge is 2.09. The molecule has 4 nitrogen and oxygen atoms in total. The van der Waals surface area contributed by atoms with Crippen LogP contribution in [0.4, 0.5) is 0 Å². The Morgan fingerprint density at radius 2 is 1.90 bits per heavy atom. The van der Waals surface area contributed by atoms with Crippen molar-refractivity contribution in [2.75, 3.05) is 6.54 Å². The van der Waals surface area contributed by atoms with Crippen molar-refractivity contribution in [1.82, 2.24) is 10.3 Å². The number of aliphatic imine (C=N–C) groups is 1. The normalized spacial score (nSPS) is 11.2. The SMILES string of the molecule is CCN=C(NC(=O)c1ccncc1)Sc1ccccc1. The zero-order chi connectivity index (χ0) is 14.2. The van der Waals surface area contributed by atoms with Gasteiger partial charge in [0.25, 0.3) is 5.91 Å². The highest BCUT2D eigenvalue weighted by Crippen LogP contribution is 2.18. The molecule has 20 heavy (non-hydrogen) atoms. The van der Waals surface area contributed by atoms with Crippen LogP contribution in [0, 0.1) is 0 Å². The minimum atomic E-state index is -0.178. The number of hydrogen-bond donors (Lipinski definition) is 1. The Morgan fingerprint density at radius 3 is 2.55 bits per heavy atom. The molecule has 1 aromatic heterocycles. The molecule has 0 aliphatic carbocycles. The van der Waals surface area contributed by atoms with Crippen LogP contribution in [0.25, 0.3) is 0 Å². The molecule has 1 aromatic carbocycles. The number of thioether (sulfide) groups is 1. The van der Waals surface area contributed by atoms with E-state index in [-0.39, 0.29) is 5.91 Å². The van der Waals surface area contributed by atoms with Gasteiger partial charge in [0.05, 0.1) is 0 Å². The molecule has 0 unspecified atom stereocenters. The van der Waals surface area contributed by atoms with Gasteiger partial charge in [-0.1, -0.05) is 30.0 Å². The summed E-state index contributed by atoms with van der Waals surface area (Å²) in [5.74, 6) is -0.178. The number of pyridine rings is 1. The number of aromatic nitrogens is 1. The fourth-order valence-corrected chi connectivity index (χ4v) is 2.37. The second kappa shape index (κ2) is 7.45. The summed E-state index contributed by atoms with van der Waals surface area (Å²) >= 11 is 1.44. The lowest BCUT2D eigenvalue weighted by Crippen LogP contribution is -2.28. The van der Waals surface area contributed by atoms with Crippen LogP contribution in [0.3, 0.4) is 0 Å². The van der Waals surface area contributed by atoms with Crippen molar-refractivity contribution in [2.24, 2.45) is 4.99 Å². The van der Waals surface area contributed by atoms with E-state index >= 15 is 0 Å². The number of rotatable bonds is 3. The maximum absolute atomic E-state index is 12.1. The van der Waals surface area contributed by atoms with E-state index in [4.69, 9.17) is 0 Å². The minimum absolute atomic E-state index is 0.178. The Hall–Kier alpha value is -2.14. The minimum Gasteiger partial charge on any atom is -0.301 e. The van der Waals surface area contributed by atoms with Gasteiger partial charge in [-0.2, -0.15) is 0 Å². The first-order valence-electron chi connectivity index (χ1n) is 6.28. The molecule has 0 atom stereocenters. The van der Waals surface area contributed by atoms with E-state index in [1.165, 1.54) is 11.8 Å². The van der Waals surface area contributed by atoms with E-state index in [2.05, 4.69) is 15.3 Å². The molecule has 0 bridgehead atoms. The van der Waals surface area contributed by atoms with Crippen molar-refractivity contribution in [3.63, 3.8) is 0 Å². The molecule has 1 amide bonds. The third-order valence-electron chi connectivity index (χ3n) is 2.42. The van der Waals surface area contributed by atoms with Gasteiger partial charge >= 0.3 is 0 Å². The Kier molecular flexibility index (Phi) is 5.32. The summed E-state index contributed by atoms with van der Waals surface area (Å²) in [6.07, 6.45) is 3.19. The number of nitrogens with one attached hydrogen (secondary N) is 1. The largest absolute Gasteiger partial charge is 0.301 e. The van der Waals surface area contributed by atoms with Crippen LogP contribution in [-0.4, -0.2) is 22.6 Å². The van der Waals surface area contributed by atoms with Gasteiger partial charge in [-0.05, 0) is 31.2 Å². The Balaban J connectivity index is 2.07. The van der Waals surface area contributed by atoms with Crippen LogP contribution in [0.1, 0.15) is 17.3 Å². The van der Waals surface area contributed by atoms with Crippen molar-refractivity contribution in [2.45, 2.75) is 11.8 Å². The smallest absolute Gasteiger partial charge is 0.257 e. The number of amides is 1. The molecular formula is C15H15N3OS. The summed E-state index contributed by atoms with van der Waals surface area (Å²) in [6.45, 7) is 2.55. The first-order valence-corrected chi connectivity index (χ1v) is 7.10. The number of carbonyl (C=O) groups excluding carboxylic acids is 1. The maximum atomic E-state index is 12.1. The molecule has 102 valence electrons. The topological polar surface area (TPSA) is 54.4 Å². The summed E-state index contributed by atoms with van der Waals surface area (Å²) in [7, 11) is 0. The molecule has 1 N–H and O–H groups in total. The molecule has 1 heterocycles. The van der Waals surface area contributed by atoms with E-state index in [9.17, 15) is 4.79 Å². The number of nitrogens with zero attached hydrogens (tertiary/aromatic N) is 2. The van der Waals surface area contributed by atoms with Gasteiger partial charge in [-0.25, -0.2) is 0 Å². The van der Waals surface area contributed by atoms with Crippen molar-refractivity contribution >= 4 is 22.8 Å². The molecule has 0 spiro atoms. The van der Waals surface area contributed by atoms with Gasteiger partial charge in [-0.3, -0.25) is 14.8 Å². The summed E-state index contributed by atoms with van der Waals surface area (Å²) in [6, 6.07) is 13.2. The summed E-state index contributed by atoms with van der Waals surface area (Å²) in [5.41, 5.74) is 0.567. The Morgan fingerprint density at radius 1 is 1.20 bits per heavy atom. The lowest BCUT2D eigenvalue weighted by atomic mass is 10.2. The third kappa shape index (κ3) is 4.20. The molecule has 2 aromatic rings. The molecular weight excluding hydrogens is 270 g/mol. The van der Waals surface area contributed by atoms with Crippen molar-refractivity contribution in [3.05, 3.63) is 60.4 Å².